The molecule has 2 nitrogen and oxygen atoms in total. The Balaban J connectivity index is 2.13. The Bertz CT molecular complexity index is 479. The number of benzene rings is 1. The van der Waals surface area contributed by atoms with E-state index in [-0.39, 0.29) is 0 Å². The van der Waals surface area contributed by atoms with Crippen LogP contribution in [-0.4, -0.2) is 11.0 Å². The van der Waals surface area contributed by atoms with Crippen molar-refractivity contribution in [1.82, 2.24) is 4.98 Å². The molecule has 0 aliphatic heterocycles. The highest BCUT2D eigenvalue weighted by molar-refractivity contribution is 7.13. The van der Waals surface area contributed by atoms with Crippen LogP contribution >= 0.6 is 11.3 Å². The second-order valence-electron chi connectivity index (χ2n) is 4.74. The summed E-state index contributed by atoms with van der Waals surface area (Å²) in [5.41, 5.74) is 2.36. The van der Waals surface area contributed by atoms with Crippen molar-refractivity contribution in [1.29, 1.82) is 0 Å². The lowest BCUT2D eigenvalue weighted by molar-refractivity contribution is 0.495. The topological polar surface area (TPSA) is 24.9 Å². The molecule has 0 saturated heterocycles. The molecular formula is C15H20N2S. The van der Waals surface area contributed by atoms with Gasteiger partial charge in [0, 0.05) is 28.9 Å². The summed E-state index contributed by atoms with van der Waals surface area (Å²) in [4.78, 5) is 4.35. The monoisotopic (exact) mass is 260 g/mol. The number of hydrogen-bond donors (Lipinski definition) is 1. The van der Waals surface area contributed by atoms with Gasteiger partial charge in [-0.2, -0.15) is 0 Å². The Kier molecular flexibility index (Phi) is 4.37. The van der Waals surface area contributed by atoms with Gasteiger partial charge < -0.3 is 5.32 Å². The maximum Gasteiger partial charge on any atom is 0.123 e. The quantitative estimate of drug-likeness (QED) is 0.846. The summed E-state index contributed by atoms with van der Waals surface area (Å²) in [5, 5.41) is 6.66. The molecule has 2 atom stereocenters. The third kappa shape index (κ3) is 3.10. The van der Waals surface area contributed by atoms with Crippen LogP contribution in [0.2, 0.25) is 0 Å². The molecule has 2 aromatic rings. The van der Waals surface area contributed by atoms with E-state index in [9.17, 15) is 0 Å². The van der Waals surface area contributed by atoms with Crippen molar-refractivity contribution >= 4 is 17.0 Å². The normalized spacial score (nSPS) is 14.2. The summed E-state index contributed by atoms with van der Waals surface area (Å²) < 4.78 is 0. The van der Waals surface area contributed by atoms with Crippen LogP contribution < -0.4 is 5.32 Å². The van der Waals surface area contributed by atoms with Crippen molar-refractivity contribution in [3.05, 3.63) is 35.8 Å². The van der Waals surface area contributed by atoms with Crippen LogP contribution in [0.25, 0.3) is 10.6 Å². The maximum absolute atomic E-state index is 4.35. The molecule has 0 spiro atoms. The lowest BCUT2D eigenvalue weighted by Gasteiger charge is -2.21. The number of anilines is 1. The fourth-order valence-electron chi connectivity index (χ4n) is 1.87. The minimum Gasteiger partial charge on any atom is -0.382 e. The van der Waals surface area contributed by atoms with Crippen molar-refractivity contribution in [3.8, 4) is 10.6 Å². The summed E-state index contributed by atoms with van der Waals surface area (Å²) in [6.07, 6.45) is 3.04. The molecule has 0 aliphatic rings. The highest BCUT2D eigenvalue weighted by atomic mass is 32.1. The van der Waals surface area contributed by atoms with Crippen molar-refractivity contribution < 1.29 is 0 Å². The number of hydrogen-bond acceptors (Lipinski definition) is 3. The minimum atomic E-state index is 0.488. The van der Waals surface area contributed by atoms with Gasteiger partial charge in [0.2, 0.25) is 0 Å². The molecule has 3 heteroatoms. The molecule has 18 heavy (non-hydrogen) atoms. The van der Waals surface area contributed by atoms with Crippen molar-refractivity contribution in [2.45, 2.75) is 33.2 Å². The largest absolute Gasteiger partial charge is 0.382 e. The first kappa shape index (κ1) is 13.1. The zero-order valence-corrected chi connectivity index (χ0v) is 12.0. The van der Waals surface area contributed by atoms with E-state index in [0.717, 1.165) is 5.01 Å². The van der Waals surface area contributed by atoms with Gasteiger partial charge in [0.25, 0.3) is 0 Å². The Morgan fingerprint density at radius 3 is 2.83 bits per heavy atom. The second kappa shape index (κ2) is 6.01. The van der Waals surface area contributed by atoms with E-state index in [0.29, 0.717) is 12.0 Å². The van der Waals surface area contributed by atoms with E-state index < -0.39 is 0 Å². The molecule has 0 aliphatic carbocycles. The Morgan fingerprint density at radius 1 is 1.33 bits per heavy atom. The van der Waals surface area contributed by atoms with Gasteiger partial charge in [-0.25, -0.2) is 4.98 Å². The van der Waals surface area contributed by atoms with Crippen LogP contribution in [0.5, 0.6) is 0 Å². The zero-order valence-electron chi connectivity index (χ0n) is 11.2. The van der Waals surface area contributed by atoms with E-state index in [2.05, 4.69) is 55.3 Å². The van der Waals surface area contributed by atoms with Crippen LogP contribution in [0.4, 0.5) is 5.69 Å². The average molecular weight is 260 g/mol. The number of aromatic nitrogens is 1. The van der Waals surface area contributed by atoms with E-state index in [4.69, 9.17) is 0 Å². The molecule has 0 saturated carbocycles. The maximum atomic E-state index is 4.35. The minimum absolute atomic E-state index is 0.488. The van der Waals surface area contributed by atoms with Crippen molar-refractivity contribution in [2.75, 3.05) is 5.32 Å². The third-order valence-corrected chi connectivity index (χ3v) is 4.26. The lowest BCUT2D eigenvalue weighted by atomic mass is 10.0. The van der Waals surface area contributed by atoms with Crippen LogP contribution in [0.3, 0.4) is 0 Å². The standard InChI is InChI=1S/C15H20N2S/c1-4-11(2)12(3)17-14-7-5-6-13(10-14)15-16-8-9-18-15/h5-12,17H,4H2,1-3H3. The Hall–Kier alpha value is -1.35. The first-order valence-electron chi connectivity index (χ1n) is 6.47. The molecule has 0 bridgehead atoms. The van der Waals surface area contributed by atoms with Crippen LogP contribution in [0, 0.1) is 5.92 Å². The lowest BCUT2D eigenvalue weighted by Crippen LogP contribution is -2.23. The molecule has 1 heterocycles. The molecule has 1 aromatic heterocycles. The summed E-state index contributed by atoms with van der Waals surface area (Å²) in [6.45, 7) is 6.75. The summed E-state index contributed by atoms with van der Waals surface area (Å²) in [5.74, 6) is 0.675. The average Bonchev–Trinajstić information content (AvgIpc) is 2.92. The van der Waals surface area contributed by atoms with E-state index in [1.54, 1.807) is 11.3 Å². The Labute approximate surface area is 113 Å². The fourth-order valence-corrected chi connectivity index (χ4v) is 2.50. The van der Waals surface area contributed by atoms with Crippen LogP contribution in [0.1, 0.15) is 27.2 Å². The first-order valence-corrected chi connectivity index (χ1v) is 7.35. The summed E-state index contributed by atoms with van der Waals surface area (Å²) in [6, 6.07) is 8.98. The zero-order chi connectivity index (χ0) is 13.0. The number of nitrogens with zero attached hydrogens (tertiary/aromatic N) is 1. The molecule has 0 amide bonds. The van der Waals surface area contributed by atoms with Gasteiger partial charge in [0.1, 0.15) is 5.01 Å². The predicted molar refractivity (Wildman–Crippen MR) is 80.1 cm³/mol. The van der Waals surface area contributed by atoms with Gasteiger partial charge in [-0.1, -0.05) is 32.4 Å². The molecule has 1 N–H and O–H groups in total. The van der Waals surface area contributed by atoms with Gasteiger partial charge in [-0.05, 0) is 25.0 Å². The molecular weight excluding hydrogens is 240 g/mol. The fraction of sp³-hybridized carbons (Fsp3) is 0.400. The number of rotatable bonds is 5. The van der Waals surface area contributed by atoms with Crippen LogP contribution in [0.15, 0.2) is 35.8 Å². The van der Waals surface area contributed by atoms with E-state index in [1.807, 2.05) is 11.6 Å². The molecule has 2 rings (SSSR count). The highest BCUT2D eigenvalue weighted by Crippen LogP contribution is 2.25. The van der Waals surface area contributed by atoms with E-state index in [1.165, 1.54) is 17.7 Å². The van der Waals surface area contributed by atoms with Crippen LogP contribution in [-0.2, 0) is 0 Å². The third-order valence-electron chi connectivity index (χ3n) is 3.43. The number of thiazole rings is 1. The predicted octanol–water partition coefficient (Wildman–Crippen LogP) is 4.66. The SMILES string of the molecule is CCC(C)C(C)Nc1cccc(-c2nccs2)c1. The molecule has 0 radical (unpaired) electrons. The van der Waals surface area contributed by atoms with Crippen molar-refractivity contribution in [2.24, 2.45) is 5.92 Å². The molecule has 96 valence electrons. The summed E-state index contributed by atoms with van der Waals surface area (Å²) >= 11 is 1.68. The van der Waals surface area contributed by atoms with Gasteiger partial charge >= 0.3 is 0 Å². The van der Waals surface area contributed by atoms with Gasteiger partial charge in [-0.15, -0.1) is 11.3 Å². The first-order chi connectivity index (χ1) is 8.70. The van der Waals surface area contributed by atoms with Crippen molar-refractivity contribution in [3.63, 3.8) is 0 Å². The van der Waals surface area contributed by atoms with Gasteiger partial charge in [0.05, 0.1) is 0 Å². The van der Waals surface area contributed by atoms with Gasteiger partial charge in [-0.3, -0.25) is 0 Å². The number of nitrogens with one attached hydrogen (secondary N) is 1. The Morgan fingerprint density at radius 2 is 2.17 bits per heavy atom. The van der Waals surface area contributed by atoms with Gasteiger partial charge in [0.15, 0.2) is 0 Å². The smallest absolute Gasteiger partial charge is 0.123 e. The van der Waals surface area contributed by atoms with E-state index >= 15 is 0 Å². The molecule has 1 aromatic carbocycles. The summed E-state index contributed by atoms with van der Waals surface area (Å²) in [7, 11) is 0. The molecule has 0 fully saturated rings. The second-order valence-corrected chi connectivity index (χ2v) is 5.63. The highest BCUT2D eigenvalue weighted by Gasteiger charge is 2.10. The molecule has 2 unspecified atom stereocenters.